The largest absolute Gasteiger partial charge is 0.370 e. The molecule has 0 saturated heterocycles. The van der Waals surface area contributed by atoms with Crippen LogP contribution in [0.3, 0.4) is 0 Å². The zero-order valence-corrected chi connectivity index (χ0v) is 51.4. The predicted octanol–water partition coefficient (Wildman–Crippen LogP) is -3.24. The van der Waals surface area contributed by atoms with Gasteiger partial charge in [-0.15, -0.1) is 10.2 Å². The lowest BCUT2D eigenvalue weighted by molar-refractivity contribution is -0.135. The number of para-hydroxylation sites is 1. The zero-order valence-electron chi connectivity index (χ0n) is 51.4. The highest BCUT2D eigenvalue weighted by Crippen LogP contribution is 2.32. The normalized spacial score (nSPS) is 13.0. The predicted molar refractivity (Wildman–Crippen MR) is 349 cm³/mol. The summed E-state index contributed by atoms with van der Waals surface area (Å²) < 4.78 is 2.19. The fourth-order valence-electron chi connectivity index (χ4n) is 9.98. The second-order valence-corrected chi connectivity index (χ2v) is 21.6. The first-order valence-electron chi connectivity index (χ1n) is 30.2. The van der Waals surface area contributed by atoms with Gasteiger partial charge in [0.1, 0.15) is 36.3 Å². The molecule has 5 rings (SSSR count). The van der Waals surface area contributed by atoms with E-state index >= 15 is 0 Å². The van der Waals surface area contributed by atoms with E-state index in [9.17, 15) is 33.6 Å². The lowest BCUT2D eigenvalue weighted by Gasteiger charge is -2.28. The van der Waals surface area contributed by atoms with Crippen molar-refractivity contribution < 1.29 is 33.6 Å². The van der Waals surface area contributed by atoms with E-state index in [1.165, 1.54) is 7.05 Å². The smallest absolute Gasteiger partial charge is 0.251 e. The molecule has 494 valence electrons. The number of unbranched alkanes of at least 4 members (excludes halogenated alkanes) is 2. The van der Waals surface area contributed by atoms with E-state index in [2.05, 4.69) is 88.4 Å². The second kappa shape index (κ2) is 37.6. The number of hydrogen-bond acceptors (Lipinski definition) is 16. The first-order chi connectivity index (χ1) is 43.7. The second-order valence-electron chi connectivity index (χ2n) is 21.6. The third kappa shape index (κ3) is 23.7. The van der Waals surface area contributed by atoms with E-state index < -0.39 is 77.6 Å². The molecule has 0 fully saturated rings. The number of fused-ring (bicyclic) bond motifs is 3. The molecule has 33 heteroatoms. The van der Waals surface area contributed by atoms with Gasteiger partial charge in [-0.2, -0.15) is 5.21 Å². The summed E-state index contributed by atoms with van der Waals surface area (Å²) in [6.07, 6.45) is 2.82. The molecule has 0 aliphatic carbocycles. The molecule has 0 saturated carbocycles. The molecule has 2 aromatic heterocycles. The van der Waals surface area contributed by atoms with Crippen LogP contribution in [0.15, 0.2) is 86.7 Å². The Balaban J connectivity index is 1.37. The van der Waals surface area contributed by atoms with Gasteiger partial charge in [0, 0.05) is 72.7 Å². The number of likely N-dealkylation sites (N-methyl/N-ethyl adjacent to an activating group) is 1. The Morgan fingerprint density at radius 3 is 1.26 bits per heavy atom. The van der Waals surface area contributed by atoms with E-state index in [-0.39, 0.29) is 120 Å². The Kier molecular flexibility index (Phi) is 29.6. The number of aromatic nitrogens is 5. The Bertz CT molecular complexity index is 3300. The number of nitrogens with two attached hydrogens (primary N) is 10. The minimum Gasteiger partial charge on any atom is -0.370 e. The quantitative estimate of drug-likeness (QED) is 0.0104. The molecule has 6 atom stereocenters. The van der Waals surface area contributed by atoms with E-state index in [1.54, 1.807) is 12.1 Å². The first kappa shape index (κ1) is 71.6. The van der Waals surface area contributed by atoms with Gasteiger partial charge in [-0.3, -0.25) is 53.5 Å². The maximum Gasteiger partial charge on any atom is 0.251 e. The summed E-state index contributed by atoms with van der Waals surface area (Å²) in [5.74, 6) is -5.19. The molecule has 0 bridgehead atoms. The van der Waals surface area contributed by atoms with Crippen LogP contribution >= 0.6 is 0 Å². The average Bonchev–Trinajstić information content (AvgIpc) is 1.62. The highest BCUT2D eigenvalue weighted by Gasteiger charge is 2.34. The van der Waals surface area contributed by atoms with Gasteiger partial charge in [0.15, 0.2) is 23.8 Å². The number of hydrogen-bond donors (Lipinski definition) is 18. The molecule has 91 heavy (non-hydrogen) atoms. The number of nitrogens with zero attached hydrogens (tertiary/aromatic N) is 8. The SMILES string of the molecule is CNC(=O)[C@H](CCCN=C(N)N)NC(=O)[C@H](CCCN=C(N)N)NC(=O)[C@H](CCCN=C(N)N)NC(=O)[C@H](CCCN=C(N)N)NC(=O)[C@H](CCCCN)NC(=O)[C@H](CCCCN)NC(=O)c1ccc(Cn2c3ccccc3c3cc(-c4nn[nH]n4)ccc32)cc1. The summed E-state index contributed by atoms with van der Waals surface area (Å²) in [7, 11) is 1.40. The minimum atomic E-state index is -1.38. The number of carbonyl (C=O) groups excluding carboxylic acids is 7. The number of H-pyrrole nitrogens is 1. The van der Waals surface area contributed by atoms with Crippen molar-refractivity contribution in [1.82, 2.24) is 62.4 Å². The standard InChI is InChI=1S/C58H90N26O7/c1-69-49(86)39(15-8-28-70-55(61)62)75-52(89)42(16-9-29-71-56(63)64)78-54(91)44(18-11-31-73-58(67)68)79-53(90)43(17-10-30-72-57(65)66)77-51(88)41(14-5-7-27-60)76-50(87)40(13-4-6-26-59)74-48(85)35-22-20-34(21-23-35)33-84-45-19-3-2-12-37(45)38-32-36(24-25-46(38)84)47-80-82-83-81-47/h2-3,12,19-25,32,39-44H,4-11,13-18,26-31,33,59-60H2,1H3,(H,69,86)(H,74,85)(H,75,89)(H,76,87)(H,77,88)(H,78,91)(H,79,90)(H4,61,62,70)(H4,63,64,71)(H4,65,66,72)(H4,67,68,73)(H,80,81,82,83)/t39-,40-,41-,42-,43-,44-/m0/s1. The monoisotopic (exact) mass is 1260 g/mol. The Morgan fingerprint density at radius 1 is 0.473 bits per heavy atom. The van der Waals surface area contributed by atoms with E-state index in [0.29, 0.717) is 51.0 Å². The Hall–Kier alpha value is -10.2. The maximum absolute atomic E-state index is 14.6. The number of amides is 7. The van der Waals surface area contributed by atoms with Gasteiger partial charge < -0.3 is 99.1 Å². The van der Waals surface area contributed by atoms with Gasteiger partial charge in [0.25, 0.3) is 5.91 Å². The van der Waals surface area contributed by atoms with Crippen LogP contribution in [-0.2, 0) is 35.3 Å². The van der Waals surface area contributed by atoms with Crippen molar-refractivity contribution in [2.75, 3.05) is 46.3 Å². The molecule has 0 spiro atoms. The average molecular weight is 1260 g/mol. The molecule has 0 aliphatic heterocycles. The van der Waals surface area contributed by atoms with Gasteiger partial charge in [-0.05, 0) is 150 Å². The fraction of sp³-hybridized carbons (Fsp3) is 0.483. The van der Waals surface area contributed by atoms with Crippen LogP contribution < -0.4 is 94.6 Å². The van der Waals surface area contributed by atoms with Crippen molar-refractivity contribution in [3.8, 4) is 11.4 Å². The van der Waals surface area contributed by atoms with Gasteiger partial charge in [-0.25, -0.2) is 0 Å². The van der Waals surface area contributed by atoms with Crippen molar-refractivity contribution in [2.45, 2.75) is 133 Å². The van der Waals surface area contributed by atoms with Crippen LogP contribution in [0.25, 0.3) is 33.2 Å². The summed E-state index contributed by atoms with van der Waals surface area (Å²) in [6, 6.07) is 13.6. The lowest BCUT2D eigenvalue weighted by Crippen LogP contribution is -2.59. The minimum absolute atomic E-state index is 0.0262. The third-order valence-electron chi connectivity index (χ3n) is 14.6. The van der Waals surface area contributed by atoms with Gasteiger partial charge in [-0.1, -0.05) is 30.3 Å². The molecule has 7 amide bonds. The molecular weight excluding hydrogens is 1170 g/mol. The van der Waals surface area contributed by atoms with Gasteiger partial charge in [0.2, 0.25) is 41.3 Å². The Morgan fingerprint density at radius 2 is 0.868 bits per heavy atom. The molecule has 0 aliphatic rings. The highest BCUT2D eigenvalue weighted by atomic mass is 16.2. The molecule has 5 aromatic rings. The number of tetrazole rings is 1. The number of carbonyl (C=O) groups is 7. The van der Waals surface area contributed by atoms with Crippen LogP contribution in [-0.4, -0.2) is 173 Å². The van der Waals surface area contributed by atoms with Crippen LogP contribution in [0.1, 0.15) is 106 Å². The molecule has 3 aromatic carbocycles. The van der Waals surface area contributed by atoms with Crippen LogP contribution in [0.2, 0.25) is 0 Å². The summed E-state index contributed by atoms with van der Waals surface area (Å²) in [6.45, 7) is 1.40. The van der Waals surface area contributed by atoms with Gasteiger partial charge in [0.05, 0.1) is 0 Å². The topological polar surface area (TPSA) is 573 Å². The molecule has 0 unspecified atom stereocenters. The van der Waals surface area contributed by atoms with Crippen LogP contribution in [0, 0.1) is 0 Å². The molecule has 0 radical (unpaired) electrons. The molecule has 28 N–H and O–H groups in total. The first-order valence-corrected chi connectivity index (χ1v) is 30.2. The highest BCUT2D eigenvalue weighted by molar-refractivity contribution is 6.09. The molecule has 33 nitrogen and oxygen atoms in total. The maximum atomic E-state index is 14.6. The van der Waals surface area contributed by atoms with E-state index in [4.69, 9.17) is 57.3 Å². The summed E-state index contributed by atoms with van der Waals surface area (Å²) >= 11 is 0. The van der Waals surface area contributed by atoms with E-state index in [0.717, 1.165) is 32.9 Å². The molecular formula is C58H90N26O7. The van der Waals surface area contributed by atoms with Crippen molar-refractivity contribution in [3.05, 3.63) is 77.9 Å². The third-order valence-corrected chi connectivity index (χ3v) is 14.6. The fourth-order valence-corrected chi connectivity index (χ4v) is 9.98. The van der Waals surface area contributed by atoms with Crippen LogP contribution in [0.5, 0.6) is 0 Å². The van der Waals surface area contributed by atoms with Crippen molar-refractivity contribution in [1.29, 1.82) is 0 Å². The lowest BCUT2D eigenvalue weighted by atomic mass is 10.0. The summed E-state index contributed by atoms with van der Waals surface area (Å²) in [5, 5.41) is 35.6. The zero-order chi connectivity index (χ0) is 66.2. The number of guanidine groups is 4. The Labute approximate surface area is 526 Å². The van der Waals surface area contributed by atoms with Crippen molar-refractivity contribution in [2.24, 2.45) is 77.3 Å². The van der Waals surface area contributed by atoms with Gasteiger partial charge >= 0.3 is 0 Å². The number of aliphatic imine (C=N–C) groups is 4. The van der Waals surface area contributed by atoms with Crippen molar-refractivity contribution in [3.63, 3.8) is 0 Å². The summed E-state index contributed by atoms with van der Waals surface area (Å²) in [5.41, 5.74) is 60.1. The van der Waals surface area contributed by atoms with Crippen molar-refractivity contribution >= 4 is 87.0 Å². The molecule has 2 heterocycles. The van der Waals surface area contributed by atoms with E-state index in [1.807, 2.05) is 48.5 Å². The number of rotatable bonds is 40. The number of benzene rings is 3. The summed E-state index contributed by atoms with van der Waals surface area (Å²) in [4.78, 5) is 115. The number of aromatic amines is 1. The number of nitrogens with one attached hydrogen (secondary N) is 8. The van der Waals surface area contributed by atoms with Crippen LogP contribution in [0.4, 0.5) is 0 Å².